The van der Waals surface area contributed by atoms with Crippen molar-refractivity contribution in [1.29, 1.82) is 0 Å². The van der Waals surface area contributed by atoms with Crippen molar-refractivity contribution in [3.63, 3.8) is 0 Å². The highest BCUT2D eigenvalue weighted by Gasteiger charge is 2.14. The number of nitrogens with two attached hydrogens (primary N) is 1. The van der Waals surface area contributed by atoms with Gasteiger partial charge in [-0.05, 0) is 22.0 Å². The lowest BCUT2D eigenvalue weighted by Gasteiger charge is -2.07. The van der Waals surface area contributed by atoms with Crippen molar-refractivity contribution in [3.8, 4) is 0 Å². The molecule has 2 aromatic rings. The minimum atomic E-state index is -0.440. The van der Waals surface area contributed by atoms with E-state index in [0.717, 1.165) is 0 Å². The van der Waals surface area contributed by atoms with Gasteiger partial charge in [-0.25, -0.2) is 15.8 Å². The zero-order valence-corrected chi connectivity index (χ0v) is 10.5. The summed E-state index contributed by atoms with van der Waals surface area (Å²) in [7, 11) is 0. The summed E-state index contributed by atoms with van der Waals surface area (Å²) < 4.78 is 0.652. The Hall–Kier alpha value is -2.13. The number of carbonyl (C=O) groups excluding carboxylic acids is 1. The van der Waals surface area contributed by atoms with Crippen LogP contribution in [0.25, 0.3) is 0 Å². The Labute approximate surface area is 110 Å². The monoisotopic (exact) mass is 309 g/mol. The van der Waals surface area contributed by atoms with E-state index in [-0.39, 0.29) is 17.3 Å². The molecule has 0 radical (unpaired) electrons. The van der Waals surface area contributed by atoms with Gasteiger partial charge in [-0.15, -0.1) is 5.10 Å². The fourth-order valence-electron chi connectivity index (χ4n) is 1.20. The first-order chi connectivity index (χ1) is 8.70. The van der Waals surface area contributed by atoms with Gasteiger partial charge in [0, 0.05) is 10.7 Å². The molecule has 0 saturated heterocycles. The van der Waals surface area contributed by atoms with Gasteiger partial charge in [0.15, 0.2) is 5.82 Å². The molecule has 4 N–H and O–H groups in total. The number of nitrogens with zero attached hydrogens (tertiary/aromatic N) is 4. The number of nitrogens with one attached hydrogen (secondary N) is 2. The summed E-state index contributed by atoms with van der Waals surface area (Å²) in [6.07, 6.45) is 4.35. The van der Waals surface area contributed by atoms with Crippen molar-refractivity contribution in [1.82, 2.24) is 20.2 Å². The highest BCUT2D eigenvalue weighted by molar-refractivity contribution is 9.10. The molecule has 92 valence electrons. The van der Waals surface area contributed by atoms with Crippen LogP contribution >= 0.6 is 15.9 Å². The topological polar surface area (TPSA) is 119 Å². The number of halogens is 1. The first kappa shape index (κ1) is 12.3. The van der Waals surface area contributed by atoms with Crippen LogP contribution in [0.3, 0.4) is 0 Å². The second kappa shape index (κ2) is 5.47. The zero-order chi connectivity index (χ0) is 13.0. The van der Waals surface area contributed by atoms with Crippen LogP contribution in [0.5, 0.6) is 0 Å². The molecule has 2 heterocycles. The molecule has 0 bridgehead atoms. The number of rotatable bonds is 3. The third-order valence-electron chi connectivity index (χ3n) is 1.94. The maximum Gasteiger partial charge on any atom is 0.261 e. The van der Waals surface area contributed by atoms with Crippen LogP contribution in [0.15, 0.2) is 29.1 Å². The fourth-order valence-corrected chi connectivity index (χ4v) is 1.53. The normalized spacial score (nSPS) is 9.89. The Balaban J connectivity index is 2.26. The average Bonchev–Trinajstić information content (AvgIpc) is 2.40. The molecule has 0 unspecified atom stereocenters. The SMILES string of the molecule is NNc1ncc(Br)cc1C(=O)Nc1nccnn1. The van der Waals surface area contributed by atoms with Gasteiger partial charge in [0.1, 0.15) is 0 Å². The predicted molar refractivity (Wildman–Crippen MR) is 67.5 cm³/mol. The molecule has 8 nitrogen and oxygen atoms in total. The van der Waals surface area contributed by atoms with E-state index in [9.17, 15) is 4.79 Å². The molecular weight excluding hydrogens is 302 g/mol. The Morgan fingerprint density at radius 1 is 1.33 bits per heavy atom. The third kappa shape index (κ3) is 2.76. The number of hydrazine groups is 1. The summed E-state index contributed by atoms with van der Waals surface area (Å²) in [5.41, 5.74) is 2.60. The lowest BCUT2D eigenvalue weighted by molar-refractivity contribution is 0.102. The molecule has 0 saturated carbocycles. The molecule has 0 atom stereocenters. The van der Waals surface area contributed by atoms with Crippen molar-refractivity contribution in [2.75, 3.05) is 10.7 Å². The summed E-state index contributed by atoms with van der Waals surface area (Å²) >= 11 is 3.22. The van der Waals surface area contributed by atoms with E-state index in [1.165, 1.54) is 18.6 Å². The van der Waals surface area contributed by atoms with Crippen LogP contribution in [0.1, 0.15) is 10.4 Å². The number of aromatic nitrogens is 4. The molecule has 0 aliphatic heterocycles. The number of anilines is 2. The molecule has 0 aliphatic carbocycles. The summed E-state index contributed by atoms with van der Waals surface area (Å²) in [6.45, 7) is 0. The highest BCUT2D eigenvalue weighted by atomic mass is 79.9. The Morgan fingerprint density at radius 2 is 2.17 bits per heavy atom. The van der Waals surface area contributed by atoms with Gasteiger partial charge in [0.25, 0.3) is 5.91 Å². The Morgan fingerprint density at radius 3 is 2.83 bits per heavy atom. The zero-order valence-electron chi connectivity index (χ0n) is 8.96. The Kier molecular flexibility index (Phi) is 3.75. The minimum absolute atomic E-state index is 0.102. The van der Waals surface area contributed by atoms with Gasteiger partial charge in [-0.1, -0.05) is 0 Å². The van der Waals surface area contributed by atoms with Gasteiger partial charge in [0.05, 0.1) is 18.0 Å². The highest BCUT2D eigenvalue weighted by Crippen LogP contribution is 2.17. The van der Waals surface area contributed by atoms with E-state index in [1.807, 2.05) is 0 Å². The Bertz CT molecular complexity index is 562. The molecule has 2 aromatic heterocycles. The van der Waals surface area contributed by atoms with E-state index in [2.05, 4.69) is 46.8 Å². The molecule has 0 aromatic carbocycles. The van der Waals surface area contributed by atoms with E-state index in [4.69, 9.17) is 5.84 Å². The smallest absolute Gasteiger partial charge is 0.261 e. The van der Waals surface area contributed by atoms with Crippen LogP contribution in [0, 0.1) is 0 Å². The second-order valence-corrected chi connectivity index (χ2v) is 4.03. The molecule has 9 heteroatoms. The molecule has 1 amide bonds. The third-order valence-corrected chi connectivity index (χ3v) is 2.38. The van der Waals surface area contributed by atoms with Crippen LogP contribution in [-0.4, -0.2) is 26.1 Å². The molecule has 2 rings (SSSR count). The van der Waals surface area contributed by atoms with Gasteiger partial charge < -0.3 is 5.43 Å². The lowest BCUT2D eigenvalue weighted by Crippen LogP contribution is -2.19. The molecule has 0 fully saturated rings. The lowest BCUT2D eigenvalue weighted by atomic mass is 10.2. The number of amides is 1. The number of hydrogen-bond acceptors (Lipinski definition) is 7. The average molecular weight is 310 g/mol. The quantitative estimate of drug-likeness (QED) is 0.560. The maximum atomic E-state index is 12.0. The van der Waals surface area contributed by atoms with Crippen LogP contribution in [-0.2, 0) is 0 Å². The largest absolute Gasteiger partial charge is 0.308 e. The summed E-state index contributed by atoms with van der Waals surface area (Å²) in [5.74, 6) is 5.19. The van der Waals surface area contributed by atoms with Crippen molar-refractivity contribution < 1.29 is 4.79 Å². The van der Waals surface area contributed by atoms with Crippen LogP contribution in [0.2, 0.25) is 0 Å². The molecule has 18 heavy (non-hydrogen) atoms. The van der Waals surface area contributed by atoms with Crippen LogP contribution in [0.4, 0.5) is 11.8 Å². The minimum Gasteiger partial charge on any atom is -0.308 e. The van der Waals surface area contributed by atoms with Gasteiger partial charge in [-0.2, -0.15) is 5.10 Å². The summed E-state index contributed by atoms with van der Waals surface area (Å²) in [4.78, 5) is 19.8. The van der Waals surface area contributed by atoms with Gasteiger partial charge >= 0.3 is 0 Å². The van der Waals surface area contributed by atoms with Crippen LogP contribution < -0.4 is 16.6 Å². The first-order valence-electron chi connectivity index (χ1n) is 4.78. The molecule has 0 spiro atoms. The van der Waals surface area contributed by atoms with Gasteiger partial charge in [-0.3, -0.25) is 10.1 Å². The summed E-state index contributed by atoms with van der Waals surface area (Å²) in [6, 6.07) is 1.58. The van der Waals surface area contributed by atoms with Crippen molar-refractivity contribution >= 4 is 33.6 Å². The standard InChI is InChI=1S/C9H8BrN7O/c10-5-3-6(7(16-11)13-4-5)8(18)15-9-12-1-2-14-17-9/h1-4H,11H2,(H,13,16)(H,12,15,17,18). The second-order valence-electron chi connectivity index (χ2n) is 3.11. The summed E-state index contributed by atoms with van der Waals surface area (Å²) in [5, 5.41) is 9.72. The maximum absolute atomic E-state index is 12.0. The molecular formula is C9H8BrN7O. The van der Waals surface area contributed by atoms with E-state index in [0.29, 0.717) is 4.47 Å². The number of nitrogen functional groups attached to an aromatic ring is 1. The fraction of sp³-hybridized carbons (Fsp3) is 0. The first-order valence-corrected chi connectivity index (χ1v) is 5.57. The number of carbonyl (C=O) groups is 1. The van der Waals surface area contributed by atoms with E-state index < -0.39 is 5.91 Å². The van der Waals surface area contributed by atoms with Crippen molar-refractivity contribution in [2.45, 2.75) is 0 Å². The van der Waals surface area contributed by atoms with Gasteiger partial charge in [0.2, 0.25) is 5.95 Å². The van der Waals surface area contributed by atoms with Crippen molar-refractivity contribution in [2.24, 2.45) is 5.84 Å². The predicted octanol–water partition coefficient (Wildman–Crippen LogP) is 0.567. The number of hydrogen-bond donors (Lipinski definition) is 3. The van der Waals surface area contributed by atoms with Crippen molar-refractivity contribution in [3.05, 3.63) is 34.7 Å². The molecule has 0 aliphatic rings. The number of pyridine rings is 1. The van der Waals surface area contributed by atoms with E-state index >= 15 is 0 Å². The van der Waals surface area contributed by atoms with E-state index in [1.54, 1.807) is 6.07 Å².